The first-order valence-electron chi connectivity index (χ1n) is 8.09. The zero-order valence-electron chi connectivity index (χ0n) is 13.5. The standard InChI is InChI=1S/C14H30O7S/c1-2-3-4-5-6-7-8-9-10-11-12-18-21-19-13-14-20-22(15,16)17/h2-14H2,1H3,(H,15,16,17). The predicted molar refractivity (Wildman–Crippen MR) is 82.3 cm³/mol. The molecule has 0 aliphatic heterocycles. The predicted octanol–water partition coefficient (Wildman–Crippen LogP) is 3.61. The summed E-state index contributed by atoms with van der Waals surface area (Å²) in [6.07, 6.45) is 12.4. The van der Waals surface area contributed by atoms with Crippen LogP contribution in [0, 0.1) is 0 Å². The molecule has 0 heterocycles. The second-order valence-electron chi connectivity index (χ2n) is 5.14. The Kier molecular flexibility index (Phi) is 15.5. The molecule has 1 N–H and O–H groups in total. The summed E-state index contributed by atoms with van der Waals surface area (Å²) >= 11 is 0. The van der Waals surface area contributed by atoms with Gasteiger partial charge in [-0.1, -0.05) is 69.7 Å². The molecule has 0 aromatic heterocycles. The molecule has 7 nitrogen and oxygen atoms in total. The SMILES string of the molecule is CCCCCCCCCCCCOOOCCOS(=O)(=O)O. The zero-order valence-corrected chi connectivity index (χ0v) is 14.3. The highest BCUT2D eigenvalue weighted by atomic mass is 32.3. The Bertz CT molecular complexity index is 319. The van der Waals surface area contributed by atoms with Crippen molar-refractivity contribution in [2.24, 2.45) is 0 Å². The molecule has 8 heteroatoms. The van der Waals surface area contributed by atoms with Crippen LogP contribution in [-0.2, 0) is 29.4 Å². The van der Waals surface area contributed by atoms with E-state index in [1.54, 1.807) is 0 Å². The molecule has 0 saturated carbocycles. The first kappa shape index (κ1) is 21.8. The second-order valence-corrected chi connectivity index (χ2v) is 6.23. The van der Waals surface area contributed by atoms with E-state index >= 15 is 0 Å². The maximum atomic E-state index is 10.2. The van der Waals surface area contributed by atoms with Crippen molar-refractivity contribution in [3.05, 3.63) is 0 Å². The molecule has 22 heavy (non-hydrogen) atoms. The summed E-state index contributed by atoms with van der Waals surface area (Å²) in [4.78, 5) is 9.25. The second kappa shape index (κ2) is 15.6. The van der Waals surface area contributed by atoms with Crippen LogP contribution in [0.1, 0.15) is 71.1 Å². The Labute approximate surface area is 134 Å². The zero-order chi connectivity index (χ0) is 16.5. The summed E-state index contributed by atoms with van der Waals surface area (Å²) in [6.45, 7) is 2.16. The number of hydrogen-bond acceptors (Lipinski definition) is 6. The lowest BCUT2D eigenvalue weighted by Gasteiger charge is -2.04. The minimum absolute atomic E-state index is 0.155. The van der Waals surface area contributed by atoms with E-state index < -0.39 is 10.4 Å². The van der Waals surface area contributed by atoms with Gasteiger partial charge in [0, 0.05) is 0 Å². The lowest BCUT2D eigenvalue weighted by molar-refractivity contribution is -0.513. The molecule has 0 unspecified atom stereocenters. The van der Waals surface area contributed by atoms with Crippen LogP contribution in [0.2, 0.25) is 0 Å². The average molecular weight is 342 g/mol. The van der Waals surface area contributed by atoms with Gasteiger partial charge in [-0.15, -0.1) is 0 Å². The maximum Gasteiger partial charge on any atom is 0.397 e. The maximum absolute atomic E-state index is 10.2. The van der Waals surface area contributed by atoms with Crippen LogP contribution >= 0.6 is 0 Å². The monoisotopic (exact) mass is 342 g/mol. The lowest BCUT2D eigenvalue weighted by atomic mass is 10.1. The Balaban J connectivity index is 3.03. The molecular weight excluding hydrogens is 312 g/mol. The molecule has 0 amide bonds. The molecule has 0 saturated heterocycles. The summed E-state index contributed by atoms with van der Waals surface area (Å²) in [6, 6.07) is 0. The van der Waals surface area contributed by atoms with E-state index in [4.69, 9.17) is 9.44 Å². The Hall–Kier alpha value is -0.250. The minimum Gasteiger partial charge on any atom is -0.264 e. The topological polar surface area (TPSA) is 91.3 Å². The van der Waals surface area contributed by atoms with Crippen LogP contribution in [0.15, 0.2) is 0 Å². The molecule has 134 valence electrons. The van der Waals surface area contributed by atoms with E-state index in [1.807, 2.05) is 0 Å². The van der Waals surface area contributed by atoms with Gasteiger partial charge in [0.1, 0.15) is 6.61 Å². The summed E-state index contributed by atoms with van der Waals surface area (Å²) in [5, 5.41) is 4.37. The quantitative estimate of drug-likeness (QED) is 0.187. The molecule has 0 atom stereocenters. The van der Waals surface area contributed by atoms with Gasteiger partial charge in [-0.3, -0.25) is 4.55 Å². The van der Waals surface area contributed by atoms with Crippen LogP contribution in [0.3, 0.4) is 0 Å². The van der Waals surface area contributed by atoms with E-state index in [0.29, 0.717) is 6.61 Å². The van der Waals surface area contributed by atoms with Gasteiger partial charge in [-0.2, -0.15) is 8.42 Å². The van der Waals surface area contributed by atoms with Crippen LogP contribution in [0.5, 0.6) is 0 Å². The van der Waals surface area contributed by atoms with Gasteiger partial charge in [0.05, 0.1) is 13.2 Å². The normalized spacial score (nSPS) is 11.9. The highest BCUT2D eigenvalue weighted by molar-refractivity contribution is 7.80. The first-order valence-corrected chi connectivity index (χ1v) is 9.45. The van der Waals surface area contributed by atoms with Gasteiger partial charge in [0.2, 0.25) is 0 Å². The van der Waals surface area contributed by atoms with Crippen LogP contribution in [0.4, 0.5) is 0 Å². The Morgan fingerprint density at radius 1 is 0.727 bits per heavy atom. The summed E-state index contributed by atoms with van der Waals surface area (Å²) in [5.74, 6) is 0. The molecule has 0 aromatic carbocycles. The van der Waals surface area contributed by atoms with Crippen LogP contribution in [-0.4, -0.2) is 32.8 Å². The van der Waals surface area contributed by atoms with E-state index in [-0.39, 0.29) is 13.2 Å². The first-order chi connectivity index (χ1) is 10.6. The molecular formula is C14H30O7S. The molecule has 0 aromatic rings. The van der Waals surface area contributed by atoms with Crippen LogP contribution < -0.4 is 0 Å². The highest BCUT2D eigenvalue weighted by Crippen LogP contribution is 2.10. The van der Waals surface area contributed by atoms with Gasteiger partial charge in [-0.25, -0.2) is 14.0 Å². The third-order valence-corrected chi connectivity index (χ3v) is 3.54. The van der Waals surface area contributed by atoms with Crippen molar-refractivity contribution < 1.29 is 32.0 Å². The molecule has 0 aliphatic rings. The van der Waals surface area contributed by atoms with Crippen molar-refractivity contribution in [2.45, 2.75) is 71.1 Å². The van der Waals surface area contributed by atoms with Crippen molar-refractivity contribution >= 4 is 10.4 Å². The fourth-order valence-electron chi connectivity index (χ4n) is 1.92. The van der Waals surface area contributed by atoms with Crippen molar-refractivity contribution in [3.63, 3.8) is 0 Å². The van der Waals surface area contributed by atoms with Gasteiger partial charge < -0.3 is 0 Å². The van der Waals surface area contributed by atoms with Crippen molar-refractivity contribution in [3.8, 4) is 0 Å². The molecule has 0 radical (unpaired) electrons. The lowest BCUT2D eigenvalue weighted by Crippen LogP contribution is -2.10. The van der Waals surface area contributed by atoms with Gasteiger partial charge in [0.15, 0.2) is 0 Å². The largest absolute Gasteiger partial charge is 0.397 e. The smallest absolute Gasteiger partial charge is 0.264 e. The molecule has 0 spiro atoms. The fraction of sp³-hybridized carbons (Fsp3) is 1.00. The number of unbranched alkanes of at least 4 members (excludes halogenated alkanes) is 9. The number of rotatable bonds is 17. The van der Waals surface area contributed by atoms with Crippen molar-refractivity contribution in [1.29, 1.82) is 0 Å². The van der Waals surface area contributed by atoms with Gasteiger partial charge >= 0.3 is 10.4 Å². The van der Waals surface area contributed by atoms with Gasteiger partial charge in [-0.05, 0) is 6.42 Å². The van der Waals surface area contributed by atoms with Crippen molar-refractivity contribution in [2.75, 3.05) is 19.8 Å². The van der Waals surface area contributed by atoms with E-state index in [9.17, 15) is 8.42 Å². The van der Waals surface area contributed by atoms with E-state index in [0.717, 1.165) is 12.8 Å². The molecule has 0 bridgehead atoms. The van der Waals surface area contributed by atoms with Crippen molar-refractivity contribution in [1.82, 2.24) is 0 Å². The average Bonchev–Trinajstić information content (AvgIpc) is 2.45. The highest BCUT2D eigenvalue weighted by Gasteiger charge is 2.03. The molecule has 0 rings (SSSR count). The van der Waals surface area contributed by atoms with E-state index in [1.165, 1.54) is 51.4 Å². The van der Waals surface area contributed by atoms with E-state index in [2.05, 4.69) is 21.0 Å². The minimum atomic E-state index is -4.42. The fourth-order valence-corrected chi connectivity index (χ4v) is 2.20. The molecule has 0 aliphatic carbocycles. The number of hydrogen-bond donors (Lipinski definition) is 1. The molecule has 0 fully saturated rings. The van der Waals surface area contributed by atoms with Gasteiger partial charge in [0.25, 0.3) is 0 Å². The Morgan fingerprint density at radius 3 is 1.77 bits per heavy atom. The van der Waals surface area contributed by atoms with Crippen LogP contribution in [0.25, 0.3) is 0 Å². The third-order valence-electron chi connectivity index (χ3n) is 3.08. The summed E-state index contributed by atoms with van der Waals surface area (Å²) < 4.78 is 32.6. The summed E-state index contributed by atoms with van der Waals surface area (Å²) in [7, 11) is -4.42. The Morgan fingerprint density at radius 2 is 1.23 bits per heavy atom. The third kappa shape index (κ3) is 19.8. The summed E-state index contributed by atoms with van der Waals surface area (Å²) in [5.41, 5.74) is 0.